The molecule has 0 unspecified atom stereocenters. The number of benzene rings is 1. The predicted octanol–water partition coefficient (Wildman–Crippen LogP) is 1.46. The fourth-order valence-corrected chi connectivity index (χ4v) is 2.09. The van der Waals surface area contributed by atoms with Crippen LogP contribution in [0.1, 0.15) is 20.7 Å². The summed E-state index contributed by atoms with van der Waals surface area (Å²) in [7, 11) is 0. The van der Waals surface area contributed by atoms with E-state index in [0.717, 1.165) is 0 Å². The molecule has 2 amide bonds. The van der Waals surface area contributed by atoms with E-state index in [1.807, 2.05) is 0 Å². The van der Waals surface area contributed by atoms with Crippen LogP contribution in [0.3, 0.4) is 0 Å². The van der Waals surface area contributed by atoms with Crippen molar-refractivity contribution in [3.05, 3.63) is 71.5 Å². The van der Waals surface area contributed by atoms with Crippen molar-refractivity contribution < 1.29 is 14.0 Å². The molecule has 0 radical (unpaired) electrons. The van der Waals surface area contributed by atoms with E-state index in [9.17, 15) is 9.59 Å². The number of hydrazine groups is 1. The average molecular weight is 308 g/mol. The summed E-state index contributed by atoms with van der Waals surface area (Å²) in [6.07, 6.45) is 2.85. The SMILES string of the molecule is N=c1oc2ccccc2cc1C(=O)N(N)C(=O)c1ccncc1. The van der Waals surface area contributed by atoms with Crippen LogP contribution in [0.2, 0.25) is 0 Å². The van der Waals surface area contributed by atoms with Crippen molar-refractivity contribution in [2.24, 2.45) is 5.84 Å². The van der Waals surface area contributed by atoms with Crippen LogP contribution in [0, 0.1) is 5.41 Å². The van der Waals surface area contributed by atoms with Crippen LogP contribution >= 0.6 is 0 Å². The molecular formula is C16H12N4O3. The van der Waals surface area contributed by atoms with E-state index in [1.165, 1.54) is 30.6 Å². The van der Waals surface area contributed by atoms with Crippen LogP contribution in [-0.4, -0.2) is 21.8 Å². The Kier molecular flexibility index (Phi) is 3.70. The second-order valence-corrected chi connectivity index (χ2v) is 4.74. The van der Waals surface area contributed by atoms with Crippen molar-refractivity contribution in [3.8, 4) is 0 Å². The molecule has 0 atom stereocenters. The minimum atomic E-state index is -0.814. The summed E-state index contributed by atoms with van der Waals surface area (Å²) in [5, 5.41) is 8.93. The van der Waals surface area contributed by atoms with Gasteiger partial charge in [0.25, 0.3) is 11.8 Å². The highest BCUT2D eigenvalue weighted by Crippen LogP contribution is 2.13. The molecule has 0 aliphatic carbocycles. The molecule has 23 heavy (non-hydrogen) atoms. The van der Waals surface area contributed by atoms with Gasteiger partial charge in [0, 0.05) is 23.3 Å². The molecule has 0 bridgehead atoms. The Labute approximate surface area is 130 Å². The van der Waals surface area contributed by atoms with E-state index < -0.39 is 11.8 Å². The highest BCUT2D eigenvalue weighted by molar-refractivity contribution is 6.10. The Hall–Kier alpha value is -3.32. The van der Waals surface area contributed by atoms with Crippen molar-refractivity contribution in [1.82, 2.24) is 9.99 Å². The Morgan fingerprint density at radius 2 is 1.78 bits per heavy atom. The third-order valence-corrected chi connectivity index (χ3v) is 3.27. The zero-order valence-electron chi connectivity index (χ0n) is 11.9. The standard InChI is InChI=1S/C16H12N4O3/c17-14-12(9-11-3-1-2-4-13(11)23-14)16(22)20(18)15(21)10-5-7-19-8-6-10/h1-9,17H,18H2. The summed E-state index contributed by atoms with van der Waals surface area (Å²) in [5.74, 6) is 4.12. The number of hydrogen-bond acceptors (Lipinski definition) is 6. The lowest BCUT2D eigenvalue weighted by Crippen LogP contribution is -2.44. The minimum Gasteiger partial charge on any atom is -0.438 e. The lowest BCUT2D eigenvalue weighted by Gasteiger charge is -2.14. The topological polar surface area (TPSA) is 113 Å². The molecule has 7 nitrogen and oxygen atoms in total. The maximum absolute atomic E-state index is 12.4. The first kappa shape index (κ1) is 14.6. The van der Waals surface area contributed by atoms with Gasteiger partial charge in [0.05, 0.1) is 0 Å². The zero-order chi connectivity index (χ0) is 16.4. The monoisotopic (exact) mass is 308 g/mol. The van der Waals surface area contributed by atoms with Crippen LogP contribution in [0.5, 0.6) is 0 Å². The molecule has 3 N–H and O–H groups in total. The molecule has 2 aromatic heterocycles. The van der Waals surface area contributed by atoms with Gasteiger partial charge < -0.3 is 4.42 Å². The summed E-state index contributed by atoms with van der Waals surface area (Å²) < 4.78 is 5.29. The molecule has 114 valence electrons. The fourth-order valence-electron chi connectivity index (χ4n) is 2.09. The van der Waals surface area contributed by atoms with E-state index in [2.05, 4.69) is 4.98 Å². The number of amides is 2. The van der Waals surface area contributed by atoms with Gasteiger partial charge in [-0.2, -0.15) is 0 Å². The van der Waals surface area contributed by atoms with Gasteiger partial charge >= 0.3 is 0 Å². The van der Waals surface area contributed by atoms with E-state index in [0.29, 0.717) is 16.0 Å². The highest BCUT2D eigenvalue weighted by atomic mass is 16.3. The molecule has 1 aromatic carbocycles. The second kappa shape index (κ2) is 5.82. The normalized spacial score (nSPS) is 10.5. The quantitative estimate of drug-likeness (QED) is 0.322. The number of nitrogens with zero attached hydrogens (tertiary/aromatic N) is 2. The van der Waals surface area contributed by atoms with Gasteiger partial charge in [-0.15, -0.1) is 0 Å². The largest absolute Gasteiger partial charge is 0.438 e. The number of pyridine rings is 1. The summed E-state index contributed by atoms with van der Waals surface area (Å²) >= 11 is 0. The van der Waals surface area contributed by atoms with Crippen LogP contribution in [0.25, 0.3) is 11.0 Å². The van der Waals surface area contributed by atoms with E-state index in [4.69, 9.17) is 15.7 Å². The molecule has 0 fully saturated rings. The number of carbonyl (C=O) groups excluding carboxylic acids is 2. The molecule has 3 aromatic rings. The molecule has 0 spiro atoms. The minimum absolute atomic E-state index is 0.0893. The first-order chi connectivity index (χ1) is 11.1. The van der Waals surface area contributed by atoms with Gasteiger partial charge in [-0.3, -0.25) is 20.0 Å². The fraction of sp³-hybridized carbons (Fsp3) is 0. The van der Waals surface area contributed by atoms with Gasteiger partial charge in [-0.25, -0.2) is 10.9 Å². The zero-order valence-corrected chi connectivity index (χ0v) is 11.9. The molecule has 7 heteroatoms. The Balaban J connectivity index is 1.98. The Morgan fingerprint density at radius 1 is 1.09 bits per heavy atom. The van der Waals surface area contributed by atoms with Crippen molar-refractivity contribution in [2.75, 3.05) is 0 Å². The molecule has 0 aliphatic heterocycles. The Bertz CT molecular complexity index is 950. The van der Waals surface area contributed by atoms with Gasteiger partial charge in [0.2, 0.25) is 5.55 Å². The maximum atomic E-state index is 12.4. The van der Waals surface area contributed by atoms with Crippen LogP contribution in [0.15, 0.2) is 59.3 Å². The van der Waals surface area contributed by atoms with Crippen molar-refractivity contribution in [1.29, 1.82) is 5.41 Å². The van der Waals surface area contributed by atoms with Gasteiger partial charge in [0.15, 0.2) is 0 Å². The third-order valence-electron chi connectivity index (χ3n) is 3.27. The van der Waals surface area contributed by atoms with Crippen LogP contribution < -0.4 is 11.4 Å². The average Bonchev–Trinajstić information content (AvgIpc) is 2.60. The Morgan fingerprint density at radius 3 is 2.52 bits per heavy atom. The number of carbonyl (C=O) groups is 2. The molecule has 3 rings (SSSR count). The third kappa shape index (κ3) is 2.72. The first-order valence-corrected chi connectivity index (χ1v) is 6.69. The van der Waals surface area contributed by atoms with E-state index in [1.54, 1.807) is 24.3 Å². The summed E-state index contributed by atoms with van der Waals surface area (Å²) in [6.45, 7) is 0. The lowest BCUT2D eigenvalue weighted by molar-refractivity contribution is 0.0612. The molecule has 0 saturated heterocycles. The van der Waals surface area contributed by atoms with Crippen molar-refractivity contribution >= 4 is 22.8 Å². The number of para-hydroxylation sites is 1. The number of nitrogens with two attached hydrogens (primary N) is 1. The van der Waals surface area contributed by atoms with Gasteiger partial charge in [0.1, 0.15) is 11.1 Å². The van der Waals surface area contributed by atoms with Gasteiger partial charge in [-0.05, 0) is 24.3 Å². The molecule has 2 heterocycles. The first-order valence-electron chi connectivity index (χ1n) is 6.69. The van der Waals surface area contributed by atoms with Gasteiger partial charge in [-0.1, -0.05) is 18.2 Å². The number of imide groups is 1. The molecular weight excluding hydrogens is 296 g/mol. The number of aromatic nitrogens is 1. The van der Waals surface area contributed by atoms with Crippen molar-refractivity contribution in [3.63, 3.8) is 0 Å². The molecule has 0 saturated carbocycles. The summed E-state index contributed by atoms with van der Waals surface area (Å²) in [5.41, 5.74) is 0.249. The predicted molar refractivity (Wildman–Crippen MR) is 81.0 cm³/mol. The van der Waals surface area contributed by atoms with Crippen molar-refractivity contribution in [2.45, 2.75) is 0 Å². The summed E-state index contributed by atoms with van der Waals surface area (Å²) in [6, 6.07) is 11.3. The number of rotatable bonds is 2. The summed E-state index contributed by atoms with van der Waals surface area (Å²) in [4.78, 5) is 28.4. The maximum Gasteiger partial charge on any atom is 0.280 e. The lowest BCUT2D eigenvalue weighted by atomic mass is 10.1. The van der Waals surface area contributed by atoms with Crippen LogP contribution in [0.4, 0.5) is 0 Å². The second-order valence-electron chi connectivity index (χ2n) is 4.74. The smallest absolute Gasteiger partial charge is 0.280 e. The number of hydrogen-bond donors (Lipinski definition) is 2. The number of fused-ring (bicyclic) bond motifs is 1. The van der Waals surface area contributed by atoms with E-state index in [-0.39, 0.29) is 16.7 Å². The highest BCUT2D eigenvalue weighted by Gasteiger charge is 2.23. The number of nitrogens with one attached hydrogen (secondary N) is 1. The molecule has 0 aliphatic rings. The van der Waals surface area contributed by atoms with E-state index >= 15 is 0 Å². The van der Waals surface area contributed by atoms with Crippen LogP contribution in [-0.2, 0) is 0 Å².